The number of nitrogens with one attached hydrogen (secondary N) is 1. The summed E-state index contributed by atoms with van der Waals surface area (Å²) in [7, 11) is 1.61. The summed E-state index contributed by atoms with van der Waals surface area (Å²) < 4.78 is 6.71. The lowest BCUT2D eigenvalue weighted by Gasteiger charge is -2.10. The summed E-state index contributed by atoms with van der Waals surface area (Å²) in [6.45, 7) is 5.81. The van der Waals surface area contributed by atoms with E-state index in [0.29, 0.717) is 11.7 Å². The quantitative estimate of drug-likeness (QED) is 0.614. The number of rotatable bonds is 7. The molecule has 1 aromatic heterocycles. The third-order valence-corrected chi connectivity index (χ3v) is 3.86. The van der Waals surface area contributed by atoms with Crippen LogP contribution in [0, 0.1) is 0 Å². The third kappa shape index (κ3) is 3.85. The average Bonchev–Trinajstić information content (AvgIpc) is 3.00. The van der Waals surface area contributed by atoms with E-state index < -0.39 is 0 Å². The normalized spacial score (nSPS) is 11.7. The van der Waals surface area contributed by atoms with E-state index >= 15 is 0 Å². The predicted octanol–water partition coefficient (Wildman–Crippen LogP) is 1.45. The lowest BCUT2D eigenvalue weighted by atomic mass is 10.3. The molecule has 0 saturated carbocycles. The van der Waals surface area contributed by atoms with E-state index in [2.05, 4.69) is 27.4 Å². The zero-order valence-corrected chi connectivity index (χ0v) is 13.2. The number of ether oxygens (including phenoxy) is 1. The summed E-state index contributed by atoms with van der Waals surface area (Å²) in [6.07, 6.45) is 1.64. The number of hydrogen-bond acceptors (Lipinski definition) is 6. The van der Waals surface area contributed by atoms with Gasteiger partial charge in [0.2, 0.25) is 11.1 Å². The number of methoxy groups -OCH3 is 1. The Hall–Kier alpha value is -2.35. The maximum atomic E-state index is 11.9. The van der Waals surface area contributed by atoms with Crippen molar-refractivity contribution >= 4 is 17.7 Å². The van der Waals surface area contributed by atoms with Crippen molar-refractivity contribution in [2.75, 3.05) is 13.7 Å². The number of nitrogens with zero attached hydrogens (tertiary/aromatic N) is 4. The Morgan fingerprint density at radius 3 is 2.86 bits per heavy atom. The monoisotopic (exact) mass is 319 g/mol. The van der Waals surface area contributed by atoms with Gasteiger partial charge in [0.15, 0.2) is 0 Å². The lowest BCUT2D eigenvalue weighted by Crippen LogP contribution is -2.31. The molecular weight excluding hydrogens is 302 g/mol. The molecule has 0 aliphatic heterocycles. The van der Waals surface area contributed by atoms with Crippen molar-refractivity contribution in [2.24, 2.45) is 0 Å². The van der Waals surface area contributed by atoms with Crippen LogP contribution in [0.5, 0.6) is 5.75 Å². The van der Waals surface area contributed by atoms with Crippen LogP contribution in [0.25, 0.3) is 5.69 Å². The van der Waals surface area contributed by atoms with E-state index in [-0.39, 0.29) is 11.2 Å². The van der Waals surface area contributed by atoms with E-state index in [1.165, 1.54) is 11.8 Å². The largest absolute Gasteiger partial charge is 0.497 e. The van der Waals surface area contributed by atoms with Crippen molar-refractivity contribution < 1.29 is 9.53 Å². The van der Waals surface area contributed by atoms with Crippen molar-refractivity contribution in [3.8, 4) is 11.4 Å². The molecular formula is C14H17N5O2S. The Morgan fingerprint density at radius 1 is 1.50 bits per heavy atom. The summed E-state index contributed by atoms with van der Waals surface area (Å²) in [5, 5.41) is 14.6. The number of amides is 1. The van der Waals surface area contributed by atoms with Gasteiger partial charge < -0.3 is 10.1 Å². The van der Waals surface area contributed by atoms with Crippen molar-refractivity contribution in [3.63, 3.8) is 0 Å². The minimum absolute atomic E-state index is 0.0887. The second-order valence-corrected chi connectivity index (χ2v) is 5.67. The van der Waals surface area contributed by atoms with E-state index in [9.17, 15) is 4.79 Å². The summed E-state index contributed by atoms with van der Waals surface area (Å²) in [5.41, 5.74) is 0.798. The van der Waals surface area contributed by atoms with Crippen molar-refractivity contribution in [2.45, 2.75) is 17.3 Å². The second kappa shape index (κ2) is 7.60. The van der Waals surface area contributed by atoms with Gasteiger partial charge in [0.05, 0.1) is 18.0 Å². The smallest absolute Gasteiger partial charge is 0.233 e. The highest BCUT2D eigenvalue weighted by molar-refractivity contribution is 8.00. The molecule has 1 N–H and O–H groups in total. The molecule has 1 heterocycles. The highest BCUT2D eigenvalue weighted by Crippen LogP contribution is 2.23. The number of thioether (sulfide) groups is 1. The summed E-state index contributed by atoms with van der Waals surface area (Å²) >= 11 is 1.29. The molecule has 1 unspecified atom stereocenters. The van der Waals surface area contributed by atoms with Crippen LogP contribution in [0.15, 0.2) is 42.1 Å². The first kappa shape index (κ1) is 16.0. The number of aromatic nitrogens is 4. The molecule has 8 heteroatoms. The molecule has 0 aliphatic rings. The maximum absolute atomic E-state index is 11.9. The first-order chi connectivity index (χ1) is 10.7. The molecule has 0 aliphatic carbocycles. The number of carbonyl (C=O) groups excluding carboxylic acids is 1. The Balaban J connectivity index is 2.11. The van der Waals surface area contributed by atoms with Gasteiger partial charge in [-0.15, -0.1) is 11.7 Å². The predicted molar refractivity (Wildman–Crippen MR) is 84.2 cm³/mol. The van der Waals surface area contributed by atoms with Gasteiger partial charge >= 0.3 is 0 Å². The Kier molecular flexibility index (Phi) is 5.54. The minimum Gasteiger partial charge on any atom is -0.497 e. The van der Waals surface area contributed by atoms with Gasteiger partial charge in [-0.25, -0.2) is 0 Å². The molecule has 0 fully saturated rings. The van der Waals surface area contributed by atoms with Gasteiger partial charge in [0.25, 0.3) is 0 Å². The average molecular weight is 319 g/mol. The molecule has 0 radical (unpaired) electrons. The Labute approximate surface area is 132 Å². The van der Waals surface area contributed by atoms with Gasteiger partial charge in [-0.3, -0.25) is 4.79 Å². The molecule has 7 nitrogen and oxygen atoms in total. The molecule has 1 aromatic carbocycles. The topological polar surface area (TPSA) is 81.9 Å². The highest BCUT2D eigenvalue weighted by atomic mass is 32.2. The summed E-state index contributed by atoms with van der Waals surface area (Å²) in [6, 6.07) is 7.35. The molecule has 2 aromatic rings. The van der Waals surface area contributed by atoms with E-state index in [1.807, 2.05) is 24.3 Å². The van der Waals surface area contributed by atoms with Crippen LogP contribution in [-0.2, 0) is 4.79 Å². The fraction of sp³-hybridized carbons (Fsp3) is 0.286. The van der Waals surface area contributed by atoms with E-state index in [1.54, 1.807) is 24.8 Å². The number of hydrogen-bond donors (Lipinski definition) is 1. The Morgan fingerprint density at radius 2 is 2.23 bits per heavy atom. The highest BCUT2D eigenvalue weighted by Gasteiger charge is 2.18. The molecule has 2 rings (SSSR count). The zero-order chi connectivity index (χ0) is 15.9. The molecule has 0 bridgehead atoms. The maximum Gasteiger partial charge on any atom is 0.233 e. The molecule has 1 atom stereocenters. The van der Waals surface area contributed by atoms with Crippen molar-refractivity contribution in [1.82, 2.24) is 25.5 Å². The number of carbonyl (C=O) groups is 1. The fourth-order valence-corrected chi connectivity index (χ4v) is 2.50. The first-order valence-corrected chi connectivity index (χ1v) is 7.51. The van der Waals surface area contributed by atoms with Gasteiger partial charge in [-0.1, -0.05) is 17.8 Å². The summed E-state index contributed by atoms with van der Waals surface area (Å²) in [4.78, 5) is 11.9. The Bertz CT molecular complexity index is 641. The van der Waals surface area contributed by atoms with Crippen LogP contribution in [-0.4, -0.2) is 45.0 Å². The molecule has 0 spiro atoms. The van der Waals surface area contributed by atoms with Gasteiger partial charge in [-0.2, -0.15) is 4.68 Å². The van der Waals surface area contributed by atoms with Crippen LogP contribution < -0.4 is 10.1 Å². The molecule has 1 amide bonds. The van der Waals surface area contributed by atoms with Crippen LogP contribution in [0.2, 0.25) is 0 Å². The van der Waals surface area contributed by atoms with Crippen LogP contribution in [0.1, 0.15) is 6.92 Å². The van der Waals surface area contributed by atoms with Gasteiger partial charge in [-0.05, 0) is 41.6 Å². The van der Waals surface area contributed by atoms with Gasteiger partial charge in [0.1, 0.15) is 5.75 Å². The van der Waals surface area contributed by atoms with Crippen LogP contribution >= 0.6 is 11.8 Å². The number of tetrazole rings is 1. The summed E-state index contributed by atoms with van der Waals surface area (Å²) in [5.74, 6) is 0.664. The standard InChI is InChI=1S/C14H17N5O2S/c1-4-9-15-13(20)10(2)22-14-16-17-18-19(14)11-5-7-12(21-3)8-6-11/h4-8,10H,1,9H2,2-3H3,(H,15,20). The SMILES string of the molecule is C=CCNC(=O)C(C)Sc1nnnn1-c1ccc(OC)cc1. The van der Waals surface area contributed by atoms with E-state index in [0.717, 1.165) is 11.4 Å². The second-order valence-electron chi connectivity index (χ2n) is 4.37. The molecule has 22 heavy (non-hydrogen) atoms. The number of benzene rings is 1. The van der Waals surface area contributed by atoms with Crippen LogP contribution in [0.4, 0.5) is 0 Å². The van der Waals surface area contributed by atoms with Crippen molar-refractivity contribution in [3.05, 3.63) is 36.9 Å². The van der Waals surface area contributed by atoms with Gasteiger partial charge in [0, 0.05) is 6.54 Å². The zero-order valence-electron chi connectivity index (χ0n) is 12.4. The minimum atomic E-state index is -0.317. The third-order valence-electron chi connectivity index (χ3n) is 2.83. The van der Waals surface area contributed by atoms with E-state index in [4.69, 9.17) is 4.74 Å². The van der Waals surface area contributed by atoms with Crippen LogP contribution in [0.3, 0.4) is 0 Å². The lowest BCUT2D eigenvalue weighted by molar-refractivity contribution is -0.120. The molecule has 0 saturated heterocycles. The fourth-order valence-electron chi connectivity index (χ4n) is 1.67. The first-order valence-electron chi connectivity index (χ1n) is 6.63. The molecule has 116 valence electrons. The van der Waals surface area contributed by atoms with Crippen molar-refractivity contribution in [1.29, 1.82) is 0 Å².